The van der Waals surface area contributed by atoms with Crippen molar-refractivity contribution in [3.63, 3.8) is 0 Å². The Morgan fingerprint density at radius 2 is 1.91 bits per heavy atom. The van der Waals surface area contributed by atoms with Crippen LogP contribution < -0.4 is 0 Å². The Morgan fingerprint density at radius 3 is 2.57 bits per heavy atom. The first kappa shape index (κ1) is 18.8. The van der Waals surface area contributed by atoms with Gasteiger partial charge in [-0.15, -0.1) is 0 Å². The van der Waals surface area contributed by atoms with Gasteiger partial charge in [-0.1, -0.05) is 58.4 Å². The zero-order valence-electron chi connectivity index (χ0n) is 15.1. The molecule has 2 aliphatic rings. The average molecular weight is 325 g/mol. The summed E-state index contributed by atoms with van der Waals surface area (Å²) in [5.74, 6) is 0.685. The van der Waals surface area contributed by atoms with Crippen LogP contribution in [0.15, 0.2) is 12.8 Å². The Morgan fingerprint density at radius 1 is 1.13 bits per heavy atom. The highest BCUT2D eigenvalue weighted by molar-refractivity contribution is 4.91. The van der Waals surface area contributed by atoms with Crippen molar-refractivity contribution in [1.29, 1.82) is 0 Å². The lowest BCUT2D eigenvalue weighted by molar-refractivity contribution is -0.119. The first-order valence-corrected chi connectivity index (χ1v) is 9.79. The number of hydrogen-bond acceptors (Lipinski definition) is 3. The molecular weight excluding hydrogens is 288 g/mol. The number of ether oxygens (including phenoxy) is 3. The molecule has 0 aromatic heterocycles. The maximum absolute atomic E-state index is 6.58. The van der Waals surface area contributed by atoms with Crippen molar-refractivity contribution < 1.29 is 14.2 Å². The van der Waals surface area contributed by atoms with Crippen molar-refractivity contribution in [2.24, 2.45) is 5.92 Å². The monoisotopic (exact) mass is 324 g/mol. The normalized spacial score (nSPS) is 24.1. The summed E-state index contributed by atoms with van der Waals surface area (Å²) in [6.45, 7) is 8.31. The summed E-state index contributed by atoms with van der Waals surface area (Å²) in [4.78, 5) is 0. The van der Waals surface area contributed by atoms with Crippen LogP contribution in [-0.4, -0.2) is 31.5 Å². The van der Waals surface area contributed by atoms with Crippen molar-refractivity contribution in [3.05, 3.63) is 12.8 Å². The van der Waals surface area contributed by atoms with E-state index >= 15 is 0 Å². The smallest absolute Gasteiger partial charge is 0.104 e. The van der Waals surface area contributed by atoms with Gasteiger partial charge in [0.2, 0.25) is 0 Å². The molecule has 1 heterocycles. The second kappa shape index (κ2) is 10.4. The molecule has 0 amide bonds. The van der Waals surface area contributed by atoms with E-state index in [1.165, 1.54) is 64.2 Å². The minimum atomic E-state index is -0.0108. The van der Waals surface area contributed by atoms with E-state index in [9.17, 15) is 0 Å². The van der Waals surface area contributed by atoms with E-state index < -0.39 is 0 Å². The lowest BCUT2D eigenvalue weighted by atomic mass is 9.72. The molecule has 2 atom stereocenters. The molecular formula is C20H36O3. The molecule has 1 aliphatic carbocycles. The van der Waals surface area contributed by atoms with E-state index in [1.54, 1.807) is 6.26 Å². The molecule has 0 spiro atoms. The van der Waals surface area contributed by atoms with Crippen LogP contribution in [0.2, 0.25) is 0 Å². The van der Waals surface area contributed by atoms with Gasteiger partial charge in [-0.05, 0) is 25.2 Å². The van der Waals surface area contributed by atoms with Gasteiger partial charge in [-0.3, -0.25) is 0 Å². The molecule has 3 nitrogen and oxygen atoms in total. The van der Waals surface area contributed by atoms with Gasteiger partial charge in [0.05, 0.1) is 31.7 Å². The van der Waals surface area contributed by atoms with E-state index in [0.717, 1.165) is 26.2 Å². The topological polar surface area (TPSA) is 31.0 Å². The minimum Gasteiger partial charge on any atom is -0.502 e. The first-order chi connectivity index (χ1) is 11.3. The summed E-state index contributed by atoms with van der Waals surface area (Å²) < 4.78 is 17.5. The average Bonchev–Trinajstić information content (AvgIpc) is 3.41. The molecule has 0 radical (unpaired) electrons. The standard InChI is InChI=1S/C20H36O3/c1-3-5-6-10-13-20(14-15-21-4-2,23-17-19-16-22-19)18-11-8-7-9-12-18/h4,18-19H,2-3,5-17H2,1H3. The number of rotatable bonds is 13. The van der Waals surface area contributed by atoms with Gasteiger partial charge in [-0.2, -0.15) is 0 Å². The van der Waals surface area contributed by atoms with Crippen molar-refractivity contribution >= 4 is 0 Å². The predicted octanol–water partition coefficient (Wildman–Crippen LogP) is 5.24. The largest absolute Gasteiger partial charge is 0.502 e. The van der Waals surface area contributed by atoms with Crippen LogP contribution in [0.3, 0.4) is 0 Å². The molecule has 0 aromatic carbocycles. The van der Waals surface area contributed by atoms with Crippen molar-refractivity contribution in [1.82, 2.24) is 0 Å². The molecule has 23 heavy (non-hydrogen) atoms. The fourth-order valence-corrected chi connectivity index (χ4v) is 4.01. The van der Waals surface area contributed by atoms with Gasteiger partial charge in [0, 0.05) is 6.42 Å². The number of hydrogen-bond donors (Lipinski definition) is 0. The molecule has 2 unspecified atom stereocenters. The van der Waals surface area contributed by atoms with Gasteiger partial charge in [0.1, 0.15) is 6.10 Å². The lowest BCUT2D eigenvalue weighted by Crippen LogP contribution is -2.44. The van der Waals surface area contributed by atoms with Crippen LogP contribution in [0.5, 0.6) is 0 Å². The molecule has 2 fully saturated rings. The van der Waals surface area contributed by atoms with Crippen molar-refractivity contribution in [3.8, 4) is 0 Å². The first-order valence-electron chi connectivity index (χ1n) is 9.79. The molecule has 0 aromatic rings. The highest BCUT2D eigenvalue weighted by Crippen LogP contribution is 2.41. The van der Waals surface area contributed by atoms with E-state index in [1.807, 2.05) is 0 Å². The second-order valence-corrected chi connectivity index (χ2v) is 7.26. The van der Waals surface area contributed by atoms with Gasteiger partial charge < -0.3 is 14.2 Å². The molecule has 0 N–H and O–H groups in total. The second-order valence-electron chi connectivity index (χ2n) is 7.26. The molecule has 2 rings (SSSR count). The fraction of sp³-hybridized carbons (Fsp3) is 0.900. The van der Waals surface area contributed by atoms with Crippen molar-refractivity contribution in [2.45, 2.75) is 89.3 Å². The summed E-state index contributed by atoms with van der Waals surface area (Å²) in [6.07, 6.45) is 16.0. The van der Waals surface area contributed by atoms with Crippen LogP contribution in [0.4, 0.5) is 0 Å². The molecule has 3 heteroatoms. The Kier molecular flexibility index (Phi) is 8.46. The highest BCUT2D eigenvalue weighted by atomic mass is 16.6. The Balaban J connectivity index is 1.98. The van der Waals surface area contributed by atoms with Gasteiger partial charge >= 0.3 is 0 Å². The lowest BCUT2D eigenvalue weighted by Gasteiger charge is -2.43. The van der Waals surface area contributed by atoms with Crippen LogP contribution in [0.1, 0.15) is 77.6 Å². The summed E-state index contributed by atoms with van der Waals surface area (Å²) in [5, 5.41) is 0. The van der Waals surface area contributed by atoms with Crippen LogP contribution in [0, 0.1) is 5.92 Å². The quantitative estimate of drug-likeness (QED) is 0.264. The third kappa shape index (κ3) is 6.46. The third-order valence-corrected chi connectivity index (χ3v) is 5.52. The SMILES string of the molecule is C=COCCC(CCCCCC)(OCC1CO1)C1CCCCC1. The van der Waals surface area contributed by atoms with E-state index in [2.05, 4.69) is 13.5 Å². The van der Waals surface area contributed by atoms with Crippen molar-refractivity contribution in [2.75, 3.05) is 19.8 Å². The minimum absolute atomic E-state index is 0.0108. The molecule has 134 valence electrons. The third-order valence-electron chi connectivity index (χ3n) is 5.52. The van der Waals surface area contributed by atoms with E-state index in [4.69, 9.17) is 14.2 Å². The Hall–Kier alpha value is -0.540. The summed E-state index contributed by atoms with van der Waals surface area (Å²) in [7, 11) is 0. The fourth-order valence-electron chi connectivity index (χ4n) is 4.01. The van der Waals surface area contributed by atoms with E-state index in [0.29, 0.717) is 12.0 Å². The zero-order chi connectivity index (χ0) is 16.4. The summed E-state index contributed by atoms with van der Waals surface area (Å²) in [5.41, 5.74) is -0.0108. The van der Waals surface area contributed by atoms with Gasteiger partial charge in [0.15, 0.2) is 0 Å². The van der Waals surface area contributed by atoms with E-state index in [-0.39, 0.29) is 5.60 Å². The Bertz CT molecular complexity index is 321. The maximum Gasteiger partial charge on any atom is 0.104 e. The summed E-state index contributed by atoms with van der Waals surface area (Å²) >= 11 is 0. The van der Waals surface area contributed by atoms with Gasteiger partial charge in [0.25, 0.3) is 0 Å². The molecule has 0 bridgehead atoms. The summed E-state index contributed by atoms with van der Waals surface area (Å²) in [6, 6.07) is 0. The zero-order valence-corrected chi connectivity index (χ0v) is 15.1. The maximum atomic E-state index is 6.58. The molecule has 1 saturated carbocycles. The van der Waals surface area contributed by atoms with Crippen LogP contribution in [0.25, 0.3) is 0 Å². The van der Waals surface area contributed by atoms with Gasteiger partial charge in [-0.25, -0.2) is 0 Å². The molecule has 1 saturated heterocycles. The molecule has 1 aliphatic heterocycles. The Labute approximate surface area is 142 Å². The van der Waals surface area contributed by atoms with Crippen LogP contribution >= 0.6 is 0 Å². The number of unbranched alkanes of at least 4 members (excludes halogenated alkanes) is 3. The predicted molar refractivity (Wildman–Crippen MR) is 94.5 cm³/mol. The number of epoxide rings is 1. The van der Waals surface area contributed by atoms with Crippen LogP contribution in [-0.2, 0) is 14.2 Å². The highest BCUT2D eigenvalue weighted by Gasteiger charge is 2.41.